The smallest absolute Gasteiger partial charge is 0.139 e. The van der Waals surface area contributed by atoms with Crippen LogP contribution in [0.4, 0.5) is 0 Å². The Balaban J connectivity index is 1.70. The van der Waals surface area contributed by atoms with Crippen molar-refractivity contribution < 1.29 is 4.68 Å². The monoisotopic (exact) mass is 265 g/mol. The zero-order valence-corrected chi connectivity index (χ0v) is 11.8. The minimum absolute atomic E-state index is 0.438. The Morgan fingerprint density at radius 3 is 2.05 bits per heavy atom. The first-order chi connectivity index (χ1) is 9.19. The first kappa shape index (κ1) is 14.3. The SMILES string of the molecule is C=[N+]([NH-])CC1CCC(C2CCC(NN=N)CC2)CC1. The van der Waals surface area contributed by atoms with Gasteiger partial charge < -0.3 is 5.84 Å². The lowest BCUT2D eigenvalue weighted by molar-refractivity contribution is -0.458. The van der Waals surface area contributed by atoms with Gasteiger partial charge in [0.05, 0.1) is 0 Å². The second-order valence-corrected chi connectivity index (χ2v) is 6.36. The summed E-state index contributed by atoms with van der Waals surface area (Å²) >= 11 is 0. The summed E-state index contributed by atoms with van der Waals surface area (Å²) in [6.45, 7) is 4.46. The van der Waals surface area contributed by atoms with Gasteiger partial charge >= 0.3 is 0 Å². The molecule has 0 spiro atoms. The van der Waals surface area contributed by atoms with Crippen molar-refractivity contribution in [3.05, 3.63) is 5.84 Å². The summed E-state index contributed by atoms with van der Waals surface area (Å²) in [5.74, 6) is 9.88. The summed E-state index contributed by atoms with van der Waals surface area (Å²) in [6.07, 6.45) is 10.2. The zero-order chi connectivity index (χ0) is 13.7. The molecular weight excluding hydrogens is 238 g/mol. The predicted octanol–water partition coefficient (Wildman–Crippen LogP) is 3.57. The molecule has 0 aliphatic heterocycles. The van der Waals surface area contributed by atoms with E-state index in [4.69, 9.17) is 11.4 Å². The van der Waals surface area contributed by atoms with Crippen LogP contribution in [0, 0.1) is 23.3 Å². The predicted molar refractivity (Wildman–Crippen MR) is 76.0 cm³/mol. The maximum Gasteiger partial charge on any atom is 0.139 e. The van der Waals surface area contributed by atoms with Gasteiger partial charge in [0.15, 0.2) is 0 Å². The van der Waals surface area contributed by atoms with Gasteiger partial charge in [-0.05, 0) is 63.2 Å². The molecule has 108 valence electrons. The average Bonchev–Trinajstić information content (AvgIpc) is 2.40. The van der Waals surface area contributed by atoms with Crippen molar-refractivity contribution in [2.75, 3.05) is 6.54 Å². The fourth-order valence-corrected chi connectivity index (χ4v) is 3.96. The van der Waals surface area contributed by atoms with Crippen LogP contribution < -0.4 is 5.43 Å². The van der Waals surface area contributed by atoms with Gasteiger partial charge in [-0.15, -0.1) is 0 Å². The Morgan fingerprint density at radius 1 is 1.05 bits per heavy atom. The van der Waals surface area contributed by atoms with Crippen LogP contribution in [-0.2, 0) is 0 Å². The Morgan fingerprint density at radius 2 is 1.58 bits per heavy atom. The van der Waals surface area contributed by atoms with Crippen molar-refractivity contribution in [1.29, 1.82) is 5.53 Å². The van der Waals surface area contributed by atoms with Crippen LogP contribution in [-0.4, -0.2) is 24.0 Å². The topological polar surface area (TPSA) is 75.1 Å². The molecule has 3 N–H and O–H groups in total. The van der Waals surface area contributed by atoms with Crippen molar-refractivity contribution in [2.45, 2.75) is 57.4 Å². The standard InChI is InChI=1S/C14H27N5/c1-19(16)10-11-2-4-12(5-3-11)13-6-8-14(9-7-13)17-18-15/h11-14,16H,1-10H2,(H2,15,17). The lowest BCUT2D eigenvalue weighted by atomic mass is 9.70. The van der Waals surface area contributed by atoms with Crippen LogP contribution in [0.5, 0.6) is 0 Å². The van der Waals surface area contributed by atoms with Gasteiger partial charge in [0.25, 0.3) is 0 Å². The van der Waals surface area contributed by atoms with Crippen LogP contribution in [0.15, 0.2) is 5.22 Å². The van der Waals surface area contributed by atoms with E-state index < -0.39 is 0 Å². The molecule has 2 fully saturated rings. The number of rotatable bonds is 5. The van der Waals surface area contributed by atoms with Crippen LogP contribution in [0.25, 0.3) is 5.84 Å². The Kier molecular flexibility index (Phi) is 5.16. The van der Waals surface area contributed by atoms with E-state index in [-0.39, 0.29) is 0 Å². The summed E-state index contributed by atoms with van der Waals surface area (Å²) in [5, 5.41) is 3.31. The second kappa shape index (κ2) is 6.87. The number of hydrogen-bond donors (Lipinski definition) is 2. The molecule has 0 radical (unpaired) electrons. The zero-order valence-electron chi connectivity index (χ0n) is 11.8. The Hall–Kier alpha value is -1.13. The van der Waals surface area contributed by atoms with Gasteiger partial charge in [-0.3, -0.25) is 10.1 Å². The molecular formula is C14H27N5. The molecule has 5 nitrogen and oxygen atoms in total. The quantitative estimate of drug-likeness (QED) is 0.339. The molecule has 2 rings (SSSR count). The molecule has 0 aromatic heterocycles. The van der Waals surface area contributed by atoms with E-state index in [0.717, 1.165) is 18.4 Å². The van der Waals surface area contributed by atoms with Crippen LogP contribution in [0.2, 0.25) is 0 Å². The van der Waals surface area contributed by atoms with E-state index in [9.17, 15) is 0 Å². The van der Waals surface area contributed by atoms with E-state index in [1.165, 1.54) is 56.1 Å². The van der Waals surface area contributed by atoms with Gasteiger partial charge in [0, 0.05) is 12.0 Å². The maximum absolute atomic E-state index is 7.41. The number of nitrogens with zero attached hydrogens (tertiary/aromatic N) is 2. The molecule has 19 heavy (non-hydrogen) atoms. The van der Waals surface area contributed by atoms with E-state index in [1.807, 2.05) is 0 Å². The third-order valence-electron chi connectivity index (χ3n) is 5.06. The fraction of sp³-hybridized carbons (Fsp3) is 0.929. The third-order valence-corrected chi connectivity index (χ3v) is 5.06. The van der Waals surface area contributed by atoms with Gasteiger partial charge in [0.2, 0.25) is 0 Å². The molecule has 0 amide bonds. The third kappa shape index (κ3) is 4.18. The lowest BCUT2D eigenvalue weighted by Gasteiger charge is -2.37. The van der Waals surface area contributed by atoms with Crippen molar-refractivity contribution in [1.82, 2.24) is 5.43 Å². The maximum atomic E-state index is 7.41. The minimum Gasteiger partial charge on any atom is -0.455 e. The Bertz CT molecular complexity index is 301. The summed E-state index contributed by atoms with van der Waals surface area (Å²) < 4.78 is 1.34. The van der Waals surface area contributed by atoms with Gasteiger partial charge in [-0.25, -0.2) is 0 Å². The van der Waals surface area contributed by atoms with Gasteiger partial charge in [-0.2, -0.15) is 5.53 Å². The van der Waals surface area contributed by atoms with Gasteiger partial charge in [0.1, 0.15) is 13.3 Å². The van der Waals surface area contributed by atoms with Crippen molar-refractivity contribution in [3.8, 4) is 0 Å². The van der Waals surface area contributed by atoms with Crippen molar-refractivity contribution >= 4 is 6.72 Å². The number of nitrogens with one attached hydrogen (secondary N) is 3. The molecule has 0 heterocycles. The molecule has 0 bridgehead atoms. The number of hydrogen-bond acceptors (Lipinski definition) is 2. The van der Waals surface area contributed by atoms with Crippen molar-refractivity contribution in [3.63, 3.8) is 0 Å². The van der Waals surface area contributed by atoms with E-state index in [0.29, 0.717) is 12.0 Å². The summed E-state index contributed by atoms with van der Waals surface area (Å²) in [4.78, 5) is 0. The molecule has 0 unspecified atom stereocenters. The van der Waals surface area contributed by atoms with Gasteiger partial charge in [-0.1, -0.05) is 5.22 Å². The van der Waals surface area contributed by atoms with E-state index in [2.05, 4.69) is 17.4 Å². The second-order valence-electron chi connectivity index (χ2n) is 6.36. The molecule has 0 aromatic rings. The van der Waals surface area contributed by atoms with E-state index >= 15 is 0 Å². The van der Waals surface area contributed by atoms with E-state index in [1.54, 1.807) is 0 Å². The highest BCUT2D eigenvalue weighted by atomic mass is 15.4. The highest BCUT2D eigenvalue weighted by Crippen LogP contribution is 2.39. The minimum atomic E-state index is 0.438. The molecule has 5 heteroatoms. The highest BCUT2D eigenvalue weighted by molar-refractivity contribution is 5.14. The fourth-order valence-electron chi connectivity index (χ4n) is 3.96. The van der Waals surface area contributed by atoms with Crippen molar-refractivity contribution in [2.24, 2.45) is 23.0 Å². The highest BCUT2D eigenvalue weighted by Gasteiger charge is 2.31. The molecule has 2 aliphatic carbocycles. The largest absolute Gasteiger partial charge is 0.455 e. The first-order valence-electron chi connectivity index (χ1n) is 7.60. The molecule has 0 atom stereocenters. The normalized spacial score (nSPS) is 35.6. The average molecular weight is 265 g/mol. The summed E-state index contributed by atoms with van der Waals surface area (Å²) in [5.41, 5.74) is 9.75. The summed E-state index contributed by atoms with van der Waals surface area (Å²) in [6, 6.07) is 0.438. The first-order valence-corrected chi connectivity index (χ1v) is 7.60. The van der Waals surface area contributed by atoms with Crippen LogP contribution >= 0.6 is 0 Å². The van der Waals surface area contributed by atoms with Crippen LogP contribution in [0.1, 0.15) is 51.4 Å². The molecule has 2 aliphatic rings. The Labute approximate surface area is 116 Å². The molecule has 0 saturated heterocycles. The summed E-state index contributed by atoms with van der Waals surface area (Å²) in [7, 11) is 0. The van der Waals surface area contributed by atoms with Crippen LogP contribution in [0.3, 0.4) is 0 Å². The molecule has 0 aromatic carbocycles. The lowest BCUT2D eigenvalue weighted by Crippen LogP contribution is -2.33. The molecule has 2 saturated carbocycles.